The van der Waals surface area contributed by atoms with E-state index in [0.717, 1.165) is 10.2 Å². The number of amides is 1. The van der Waals surface area contributed by atoms with Gasteiger partial charge in [-0.05, 0) is 34.1 Å². The molecule has 1 rings (SSSR count). The molecule has 0 spiro atoms. The number of halogens is 1. The summed E-state index contributed by atoms with van der Waals surface area (Å²) in [5.74, 6) is -0.190. The summed E-state index contributed by atoms with van der Waals surface area (Å²) in [5.41, 5.74) is 0.818. The van der Waals surface area contributed by atoms with E-state index in [1.165, 1.54) is 6.08 Å². The lowest BCUT2D eigenvalue weighted by atomic mass is 10.3. The molecule has 0 aromatic carbocycles. The maximum atomic E-state index is 10.8. The van der Waals surface area contributed by atoms with Crippen LogP contribution in [0.1, 0.15) is 5.69 Å². The second-order valence-electron chi connectivity index (χ2n) is 2.39. The molecular weight excluding hydrogens is 232 g/mol. The zero-order valence-electron chi connectivity index (χ0n) is 6.96. The molecule has 0 aliphatic carbocycles. The van der Waals surface area contributed by atoms with Crippen LogP contribution in [0.3, 0.4) is 0 Å². The maximum Gasteiger partial charge on any atom is 0.243 e. The third kappa shape index (κ3) is 3.38. The summed E-state index contributed by atoms with van der Waals surface area (Å²) < 4.78 is 0.922. The molecule has 3 nitrogen and oxygen atoms in total. The molecule has 1 amide bonds. The minimum absolute atomic E-state index is 0.190. The first-order valence-electron chi connectivity index (χ1n) is 3.73. The number of carbonyl (C=O) groups excluding carboxylic acids is 1. The summed E-state index contributed by atoms with van der Waals surface area (Å²) in [4.78, 5) is 14.9. The lowest BCUT2D eigenvalue weighted by Crippen LogP contribution is -2.20. The zero-order valence-corrected chi connectivity index (χ0v) is 8.54. The summed E-state index contributed by atoms with van der Waals surface area (Å²) in [7, 11) is 0. The van der Waals surface area contributed by atoms with Gasteiger partial charge >= 0.3 is 0 Å². The normalized spacial score (nSPS) is 9.31. The molecule has 0 bridgehead atoms. The number of carbonyl (C=O) groups is 1. The van der Waals surface area contributed by atoms with Crippen molar-refractivity contribution >= 4 is 21.8 Å². The zero-order chi connectivity index (χ0) is 9.68. The first-order chi connectivity index (χ1) is 6.22. The third-order valence-corrected chi connectivity index (χ3v) is 1.89. The van der Waals surface area contributed by atoms with Crippen molar-refractivity contribution in [3.63, 3.8) is 0 Å². The third-order valence-electron chi connectivity index (χ3n) is 1.42. The lowest BCUT2D eigenvalue weighted by Gasteiger charge is -2.00. The van der Waals surface area contributed by atoms with Gasteiger partial charge in [-0.15, -0.1) is 0 Å². The number of nitrogens with one attached hydrogen (secondary N) is 1. The van der Waals surface area contributed by atoms with Gasteiger partial charge in [-0.25, -0.2) is 0 Å². The van der Waals surface area contributed by atoms with Crippen LogP contribution in [0.2, 0.25) is 0 Å². The molecule has 1 heterocycles. The summed E-state index contributed by atoms with van der Waals surface area (Å²) >= 11 is 3.27. The molecule has 0 unspecified atom stereocenters. The predicted molar refractivity (Wildman–Crippen MR) is 54.0 cm³/mol. The molecular formula is C9H9BrN2O. The molecule has 13 heavy (non-hydrogen) atoms. The fourth-order valence-corrected chi connectivity index (χ4v) is 0.995. The molecule has 0 radical (unpaired) electrons. The van der Waals surface area contributed by atoms with Crippen LogP contribution in [-0.4, -0.2) is 10.9 Å². The molecule has 0 saturated heterocycles. The Morgan fingerprint density at radius 1 is 1.69 bits per heavy atom. The largest absolute Gasteiger partial charge is 0.347 e. The van der Waals surface area contributed by atoms with E-state index in [9.17, 15) is 4.79 Å². The minimum atomic E-state index is -0.190. The average Bonchev–Trinajstić information content (AvgIpc) is 2.16. The molecule has 0 saturated carbocycles. The maximum absolute atomic E-state index is 10.8. The summed E-state index contributed by atoms with van der Waals surface area (Å²) in [5, 5.41) is 2.63. The molecule has 1 aromatic rings. The molecule has 0 aliphatic heterocycles. The van der Waals surface area contributed by atoms with Crippen molar-refractivity contribution in [3.8, 4) is 0 Å². The van der Waals surface area contributed by atoms with E-state index in [-0.39, 0.29) is 5.91 Å². The van der Waals surface area contributed by atoms with Gasteiger partial charge in [0.15, 0.2) is 0 Å². The van der Waals surface area contributed by atoms with Gasteiger partial charge < -0.3 is 5.32 Å². The Balaban J connectivity index is 2.50. The van der Waals surface area contributed by atoms with Gasteiger partial charge in [0.25, 0.3) is 0 Å². The number of pyridine rings is 1. The van der Waals surface area contributed by atoms with Gasteiger partial charge in [-0.1, -0.05) is 6.58 Å². The SMILES string of the molecule is C=CC(=O)NCc1ccc(Br)cn1. The quantitative estimate of drug-likeness (QED) is 0.817. The first-order valence-corrected chi connectivity index (χ1v) is 4.52. The van der Waals surface area contributed by atoms with Crippen LogP contribution in [0.25, 0.3) is 0 Å². The van der Waals surface area contributed by atoms with Crippen molar-refractivity contribution in [2.24, 2.45) is 0 Å². The Morgan fingerprint density at radius 3 is 3.00 bits per heavy atom. The number of hydrogen-bond donors (Lipinski definition) is 1. The Bertz CT molecular complexity index is 308. The van der Waals surface area contributed by atoms with Crippen LogP contribution in [0, 0.1) is 0 Å². The molecule has 1 aromatic heterocycles. The van der Waals surface area contributed by atoms with Crippen molar-refractivity contribution < 1.29 is 4.79 Å². The van der Waals surface area contributed by atoms with Crippen LogP contribution in [0.5, 0.6) is 0 Å². The predicted octanol–water partition coefficient (Wildman–Crippen LogP) is 1.65. The molecule has 0 aliphatic rings. The van der Waals surface area contributed by atoms with Crippen LogP contribution in [0.4, 0.5) is 0 Å². The highest BCUT2D eigenvalue weighted by Crippen LogP contribution is 2.06. The van der Waals surface area contributed by atoms with Crippen molar-refractivity contribution in [1.82, 2.24) is 10.3 Å². The van der Waals surface area contributed by atoms with E-state index < -0.39 is 0 Å². The molecule has 1 N–H and O–H groups in total. The second-order valence-corrected chi connectivity index (χ2v) is 3.31. The number of hydrogen-bond acceptors (Lipinski definition) is 2. The van der Waals surface area contributed by atoms with E-state index >= 15 is 0 Å². The van der Waals surface area contributed by atoms with Gasteiger partial charge in [0.1, 0.15) is 0 Å². The fraction of sp³-hybridized carbons (Fsp3) is 0.111. The summed E-state index contributed by atoms with van der Waals surface area (Å²) in [6, 6.07) is 3.72. The minimum Gasteiger partial charge on any atom is -0.347 e. The fourth-order valence-electron chi connectivity index (χ4n) is 0.761. The van der Waals surface area contributed by atoms with Crippen molar-refractivity contribution in [2.75, 3.05) is 0 Å². The molecule has 4 heteroatoms. The van der Waals surface area contributed by atoms with Crippen molar-refractivity contribution in [3.05, 3.63) is 41.2 Å². The lowest BCUT2D eigenvalue weighted by molar-refractivity contribution is -0.116. The van der Waals surface area contributed by atoms with Crippen molar-refractivity contribution in [2.45, 2.75) is 6.54 Å². The molecule has 0 fully saturated rings. The number of aromatic nitrogens is 1. The van der Waals surface area contributed by atoms with Gasteiger partial charge in [0.05, 0.1) is 12.2 Å². The average molecular weight is 241 g/mol. The van der Waals surface area contributed by atoms with E-state index in [4.69, 9.17) is 0 Å². The van der Waals surface area contributed by atoms with Gasteiger partial charge in [-0.3, -0.25) is 9.78 Å². The van der Waals surface area contributed by atoms with E-state index in [1.54, 1.807) is 6.20 Å². The van der Waals surface area contributed by atoms with Crippen LogP contribution >= 0.6 is 15.9 Å². The number of nitrogens with zero attached hydrogens (tertiary/aromatic N) is 1. The standard InChI is InChI=1S/C9H9BrN2O/c1-2-9(13)12-6-8-4-3-7(10)5-11-8/h2-5H,1,6H2,(H,12,13). The monoisotopic (exact) mass is 240 g/mol. The van der Waals surface area contributed by atoms with Gasteiger partial charge in [0, 0.05) is 10.7 Å². The Hall–Kier alpha value is -1.16. The second kappa shape index (κ2) is 4.77. The Morgan fingerprint density at radius 2 is 2.46 bits per heavy atom. The highest BCUT2D eigenvalue weighted by atomic mass is 79.9. The Labute approximate surface area is 85.0 Å². The van der Waals surface area contributed by atoms with E-state index in [0.29, 0.717) is 6.54 Å². The van der Waals surface area contributed by atoms with Gasteiger partial charge in [-0.2, -0.15) is 0 Å². The van der Waals surface area contributed by atoms with Crippen LogP contribution in [-0.2, 0) is 11.3 Å². The highest BCUT2D eigenvalue weighted by molar-refractivity contribution is 9.10. The highest BCUT2D eigenvalue weighted by Gasteiger charge is 1.96. The van der Waals surface area contributed by atoms with Gasteiger partial charge in [0.2, 0.25) is 5.91 Å². The smallest absolute Gasteiger partial charge is 0.243 e. The molecule has 0 atom stereocenters. The molecule has 68 valence electrons. The summed E-state index contributed by atoms with van der Waals surface area (Å²) in [6.07, 6.45) is 2.92. The number of rotatable bonds is 3. The topological polar surface area (TPSA) is 42.0 Å². The summed E-state index contributed by atoms with van der Waals surface area (Å²) in [6.45, 7) is 3.78. The van der Waals surface area contributed by atoms with Crippen LogP contribution < -0.4 is 5.32 Å². The Kier molecular flexibility index (Phi) is 3.64. The van der Waals surface area contributed by atoms with Crippen LogP contribution in [0.15, 0.2) is 35.5 Å². The van der Waals surface area contributed by atoms with Crippen molar-refractivity contribution in [1.29, 1.82) is 0 Å². The van der Waals surface area contributed by atoms with E-state index in [1.807, 2.05) is 12.1 Å². The van der Waals surface area contributed by atoms with E-state index in [2.05, 4.69) is 32.8 Å². The first kappa shape index (κ1) is 9.92.